The van der Waals surface area contributed by atoms with Crippen molar-refractivity contribution in [3.63, 3.8) is 0 Å². The standard InChI is InChI=1S/C36H43O5/c1-26-33(37-23-27-13-5-2-6-14-27)34(38-24-28-15-7-3-8-16-28)35(39-25-29-17-9-4-10-18-29)36(40-26)41-32-20-12-11-19-31(32)30-21-22-30/h2-10,13-18,20,26,30-36H,11-12,19,21-25H2,1H3/t26-,31-,32-,33+,34+,35-,36+/m1/s1. The van der Waals surface area contributed by atoms with Gasteiger partial charge in [0.1, 0.15) is 18.3 Å². The first kappa shape index (κ1) is 28.6. The molecule has 41 heavy (non-hydrogen) atoms. The molecular weight excluding hydrogens is 512 g/mol. The van der Waals surface area contributed by atoms with Gasteiger partial charge in [0.25, 0.3) is 0 Å². The van der Waals surface area contributed by atoms with Crippen LogP contribution in [0.15, 0.2) is 91.0 Å². The second kappa shape index (κ2) is 14.1. The molecule has 1 heterocycles. The van der Waals surface area contributed by atoms with Crippen LogP contribution in [0.1, 0.15) is 55.7 Å². The van der Waals surface area contributed by atoms with Gasteiger partial charge in [0.2, 0.25) is 0 Å². The molecule has 3 aromatic carbocycles. The average Bonchev–Trinajstić information content (AvgIpc) is 3.87. The Morgan fingerprint density at radius 1 is 0.634 bits per heavy atom. The molecule has 0 N–H and O–H groups in total. The minimum Gasteiger partial charge on any atom is -0.368 e. The normalized spacial score (nSPS) is 30.2. The van der Waals surface area contributed by atoms with E-state index in [0.29, 0.717) is 25.7 Å². The molecular formula is C36H43O5. The summed E-state index contributed by atoms with van der Waals surface area (Å²) >= 11 is 0. The lowest BCUT2D eigenvalue weighted by Gasteiger charge is -2.47. The molecule has 0 aromatic heterocycles. The fraction of sp³-hybridized carbons (Fsp3) is 0.472. The number of hydrogen-bond acceptors (Lipinski definition) is 5. The maximum absolute atomic E-state index is 6.87. The molecule has 0 amide bonds. The minimum absolute atomic E-state index is 0.0767. The molecule has 217 valence electrons. The van der Waals surface area contributed by atoms with E-state index >= 15 is 0 Å². The zero-order valence-electron chi connectivity index (χ0n) is 24.1. The first-order valence-corrected chi connectivity index (χ1v) is 15.4. The van der Waals surface area contributed by atoms with Crippen molar-refractivity contribution in [2.45, 2.75) is 95.7 Å². The third kappa shape index (κ3) is 7.65. The van der Waals surface area contributed by atoms with Gasteiger partial charge in [0, 0.05) is 0 Å². The predicted octanol–water partition coefficient (Wildman–Crippen LogP) is 7.29. The van der Waals surface area contributed by atoms with Crippen molar-refractivity contribution in [1.29, 1.82) is 0 Å². The molecule has 3 aliphatic rings. The first-order chi connectivity index (χ1) is 20.2. The molecule has 3 fully saturated rings. The first-order valence-electron chi connectivity index (χ1n) is 15.4. The molecule has 1 aliphatic heterocycles. The smallest absolute Gasteiger partial charge is 0.187 e. The van der Waals surface area contributed by atoms with E-state index in [-0.39, 0.29) is 24.4 Å². The molecule has 5 heteroatoms. The summed E-state index contributed by atoms with van der Waals surface area (Å²) in [6.07, 6.45) is 6.69. The number of rotatable bonds is 12. The second-order valence-electron chi connectivity index (χ2n) is 11.8. The van der Waals surface area contributed by atoms with Crippen molar-refractivity contribution in [1.82, 2.24) is 0 Å². The maximum Gasteiger partial charge on any atom is 0.187 e. The van der Waals surface area contributed by atoms with Crippen molar-refractivity contribution in [2.24, 2.45) is 11.8 Å². The maximum atomic E-state index is 6.87. The van der Waals surface area contributed by atoms with Crippen LogP contribution in [0.25, 0.3) is 0 Å². The van der Waals surface area contributed by atoms with Gasteiger partial charge in [0.05, 0.1) is 32.0 Å². The van der Waals surface area contributed by atoms with E-state index in [0.717, 1.165) is 29.0 Å². The Morgan fingerprint density at radius 2 is 1.15 bits per heavy atom. The van der Waals surface area contributed by atoms with Gasteiger partial charge < -0.3 is 23.7 Å². The van der Waals surface area contributed by atoms with E-state index in [1.807, 2.05) is 54.6 Å². The van der Waals surface area contributed by atoms with Crippen LogP contribution in [0.3, 0.4) is 0 Å². The van der Waals surface area contributed by atoms with Gasteiger partial charge in [-0.05, 0) is 67.6 Å². The van der Waals surface area contributed by atoms with Gasteiger partial charge in [-0.3, -0.25) is 0 Å². The van der Waals surface area contributed by atoms with Crippen molar-refractivity contribution in [3.05, 3.63) is 114 Å². The Morgan fingerprint density at radius 3 is 1.68 bits per heavy atom. The summed E-state index contributed by atoms with van der Waals surface area (Å²) < 4.78 is 33.5. The Labute approximate surface area is 245 Å². The van der Waals surface area contributed by atoms with Gasteiger partial charge in [0.15, 0.2) is 6.29 Å². The summed E-state index contributed by atoms with van der Waals surface area (Å²) in [5.41, 5.74) is 3.33. The predicted molar refractivity (Wildman–Crippen MR) is 159 cm³/mol. The largest absolute Gasteiger partial charge is 0.368 e. The summed E-state index contributed by atoms with van der Waals surface area (Å²) in [6, 6.07) is 30.8. The van der Waals surface area contributed by atoms with Gasteiger partial charge in [-0.1, -0.05) is 97.4 Å². The van der Waals surface area contributed by atoms with E-state index < -0.39 is 12.4 Å². The van der Waals surface area contributed by atoms with Gasteiger partial charge in [-0.2, -0.15) is 0 Å². The number of ether oxygens (including phenoxy) is 5. The van der Waals surface area contributed by atoms with Crippen LogP contribution >= 0.6 is 0 Å². The van der Waals surface area contributed by atoms with Gasteiger partial charge >= 0.3 is 0 Å². The Kier molecular flexibility index (Phi) is 9.82. The summed E-state index contributed by atoms with van der Waals surface area (Å²) in [5, 5.41) is 0. The van der Waals surface area contributed by atoms with E-state index in [2.05, 4.69) is 49.7 Å². The highest BCUT2D eigenvalue weighted by molar-refractivity contribution is 5.15. The minimum atomic E-state index is -0.549. The summed E-state index contributed by atoms with van der Waals surface area (Å²) in [4.78, 5) is 0. The summed E-state index contributed by atoms with van der Waals surface area (Å²) in [5.74, 6) is 1.33. The van der Waals surface area contributed by atoms with Gasteiger partial charge in [-0.25, -0.2) is 0 Å². The molecule has 0 unspecified atom stereocenters. The highest BCUT2D eigenvalue weighted by atomic mass is 16.7. The molecule has 0 spiro atoms. The number of benzene rings is 3. The lowest BCUT2D eigenvalue weighted by molar-refractivity contribution is -0.330. The molecule has 2 aliphatic carbocycles. The Balaban J connectivity index is 1.26. The molecule has 7 atom stereocenters. The summed E-state index contributed by atoms with van der Waals surface area (Å²) in [7, 11) is 0. The van der Waals surface area contributed by atoms with Crippen molar-refractivity contribution >= 4 is 0 Å². The van der Waals surface area contributed by atoms with Crippen molar-refractivity contribution < 1.29 is 23.7 Å². The topological polar surface area (TPSA) is 46.2 Å². The summed E-state index contributed by atoms with van der Waals surface area (Å²) in [6.45, 7) is 3.45. The second-order valence-corrected chi connectivity index (χ2v) is 11.8. The van der Waals surface area contributed by atoms with E-state index in [1.54, 1.807) is 0 Å². The van der Waals surface area contributed by atoms with Crippen LogP contribution < -0.4 is 0 Å². The van der Waals surface area contributed by atoms with Crippen LogP contribution in [0.4, 0.5) is 0 Å². The zero-order chi connectivity index (χ0) is 27.9. The molecule has 0 bridgehead atoms. The Bertz CT molecular complexity index is 1170. The van der Waals surface area contributed by atoms with E-state index in [4.69, 9.17) is 23.7 Å². The van der Waals surface area contributed by atoms with Crippen molar-refractivity contribution in [3.8, 4) is 0 Å². The van der Waals surface area contributed by atoms with E-state index in [9.17, 15) is 0 Å². The fourth-order valence-corrected chi connectivity index (χ4v) is 6.29. The average molecular weight is 556 g/mol. The molecule has 3 aromatic rings. The van der Waals surface area contributed by atoms with Crippen LogP contribution in [0, 0.1) is 18.3 Å². The molecule has 1 radical (unpaired) electrons. The number of hydrogen-bond donors (Lipinski definition) is 0. The molecule has 1 saturated heterocycles. The molecule has 6 rings (SSSR count). The van der Waals surface area contributed by atoms with Crippen LogP contribution in [-0.4, -0.2) is 36.8 Å². The van der Waals surface area contributed by atoms with Gasteiger partial charge in [-0.15, -0.1) is 0 Å². The monoisotopic (exact) mass is 555 g/mol. The fourth-order valence-electron chi connectivity index (χ4n) is 6.29. The molecule has 2 saturated carbocycles. The van der Waals surface area contributed by atoms with Crippen molar-refractivity contribution in [2.75, 3.05) is 0 Å². The third-order valence-electron chi connectivity index (χ3n) is 8.66. The zero-order valence-corrected chi connectivity index (χ0v) is 24.1. The highest BCUT2D eigenvalue weighted by Gasteiger charge is 2.49. The lowest BCUT2D eigenvalue weighted by atomic mass is 9.83. The quantitative estimate of drug-likeness (QED) is 0.235. The highest BCUT2D eigenvalue weighted by Crippen LogP contribution is 2.45. The van der Waals surface area contributed by atoms with Crippen LogP contribution in [-0.2, 0) is 43.5 Å². The van der Waals surface area contributed by atoms with Crippen LogP contribution in [0.2, 0.25) is 0 Å². The Hall–Kier alpha value is -2.54. The molecule has 5 nitrogen and oxygen atoms in total. The van der Waals surface area contributed by atoms with E-state index in [1.165, 1.54) is 25.7 Å². The third-order valence-corrected chi connectivity index (χ3v) is 8.66. The van der Waals surface area contributed by atoms with Crippen LogP contribution in [0.5, 0.6) is 0 Å². The lowest BCUT2D eigenvalue weighted by Crippen LogP contribution is -2.61. The SMILES string of the molecule is C[C@H]1O[C@@H](O[C@@H]2[CH]CCC[C@@H]2C2CC2)[C@H](OCc2ccccc2)[C@@H](OCc2ccccc2)[C@H]1OCc1ccccc1.